The minimum Gasteiger partial charge on any atom is -0.456 e. The number of fused-ring (bicyclic) bond motifs is 10. The van der Waals surface area contributed by atoms with Crippen LogP contribution in [0.4, 0.5) is 17.2 Å². The van der Waals surface area contributed by atoms with Gasteiger partial charge in [-0.15, -0.1) is 22.7 Å². The van der Waals surface area contributed by atoms with Crippen LogP contribution in [0.3, 0.4) is 0 Å². The normalized spacial score (nSPS) is 12.1. The van der Waals surface area contributed by atoms with Crippen molar-refractivity contribution in [3.05, 3.63) is 134 Å². The smallest absolute Gasteiger partial charge is 0.138 e. The Morgan fingerprint density at radius 2 is 1.09 bits per heavy atom. The molecule has 10 aromatic rings. The Bertz CT molecular complexity index is 2640. The molecule has 0 radical (unpaired) electrons. The Morgan fingerprint density at radius 1 is 0.455 bits per heavy atom. The molecule has 44 heavy (non-hydrogen) atoms. The van der Waals surface area contributed by atoms with E-state index >= 15 is 0 Å². The zero-order valence-corrected chi connectivity index (χ0v) is 25.0. The Labute approximate surface area is 259 Å². The van der Waals surface area contributed by atoms with Crippen molar-refractivity contribution >= 4 is 113 Å². The predicted octanol–water partition coefficient (Wildman–Crippen LogP) is 12.3. The monoisotopic (exact) mass is 598 g/mol. The summed E-state index contributed by atoms with van der Waals surface area (Å²) in [7, 11) is 0. The summed E-state index contributed by atoms with van der Waals surface area (Å²) in [5, 5.41) is 9.78. The Balaban J connectivity index is 1.20. The molecule has 206 valence electrons. The molecule has 0 bridgehead atoms. The van der Waals surface area contributed by atoms with Crippen molar-refractivity contribution in [1.82, 2.24) is 4.98 Å². The molecule has 0 saturated carbocycles. The van der Waals surface area contributed by atoms with Gasteiger partial charge in [-0.2, -0.15) is 0 Å². The minimum atomic E-state index is 0.867. The molecule has 0 amide bonds. The van der Waals surface area contributed by atoms with Gasteiger partial charge in [0.15, 0.2) is 0 Å². The second-order valence-electron chi connectivity index (χ2n) is 11.2. The second kappa shape index (κ2) is 9.13. The maximum atomic E-state index is 6.33. The number of anilines is 3. The number of hydrogen-bond acceptors (Lipinski definition) is 5. The molecule has 5 heteroatoms. The highest BCUT2D eigenvalue weighted by Gasteiger charge is 2.19. The third-order valence-corrected chi connectivity index (χ3v) is 10.9. The number of para-hydroxylation sites is 1. The minimum absolute atomic E-state index is 0.867. The van der Waals surface area contributed by atoms with Gasteiger partial charge in [0, 0.05) is 69.1 Å². The highest BCUT2D eigenvalue weighted by molar-refractivity contribution is 7.26. The summed E-state index contributed by atoms with van der Waals surface area (Å²) < 4.78 is 11.4. The van der Waals surface area contributed by atoms with Crippen LogP contribution in [0.25, 0.3) is 73.1 Å². The summed E-state index contributed by atoms with van der Waals surface area (Å²) in [5.41, 5.74) is 3.84. The number of thiophene rings is 2. The zero-order valence-electron chi connectivity index (χ0n) is 23.3. The van der Waals surface area contributed by atoms with Crippen molar-refractivity contribution in [1.29, 1.82) is 0 Å². The van der Waals surface area contributed by atoms with E-state index in [-0.39, 0.29) is 0 Å². The van der Waals surface area contributed by atoms with Crippen molar-refractivity contribution in [2.24, 2.45) is 0 Å². The van der Waals surface area contributed by atoms with Crippen LogP contribution < -0.4 is 4.90 Å². The summed E-state index contributed by atoms with van der Waals surface area (Å²) in [5.74, 6) is 0.879. The van der Waals surface area contributed by atoms with Gasteiger partial charge in [-0.3, -0.25) is 4.90 Å². The Hall–Kier alpha value is -5.23. The maximum Gasteiger partial charge on any atom is 0.138 e. The van der Waals surface area contributed by atoms with Gasteiger partial charge in [0.25, 0.3) is 0 Å². The maximum absolute atomic E-state index is 6.33. The van der Waals surface area contributed by atoms with Gasteiger partial charge in [-0.05, 0) is 65.4 Å². The van der Waals surface area contributed by atoms with Gasteiger partial charge in [0.1, 0.15) is 17.0 Å². The highest BCUT2D eigenvalue weighted by Crippen LogP contribution is 2.44. The number of aromatic nitrogens is 1. The molecule has 0 unspecified atom stereocenters. The Morgan fingerprint density at radius 3 is 2.00 bits per heavy atom. The summed E-state index contributed by atoms with van der Waals surface area (Å²) in [6.45, 7) is 0. The molecule has 0 aliphatic rings. The molecule has 4 heterocycles. The number of rotatable bonds is 3. The van der Waals surface area contributed by atoms with Gasteiger partial charge < -0.3 is 4.42 Å². The van der Waals surface area contributed by atoms with E-state index in [0.717, 1.165) is 39.1 Å². The number of nitrogens with zero attached hydrogens (tertiary/aromatic N) is 2. The van der Waals surface area contributed by atoms with E-state index in [1.54, 1.807) is 0 Å². The lowest BCUT2D eigenvalue weighted by Gasteiger charge is -2.24. The van der Waals surface area contributed by atoms with Crippen LogP contribution in [0.15, 0.2) is 138 Å². The molecule has 10 rings (SSSR count). The molecule has 4 aromatic heterocycles. The average molecular weight is 599 g/mol. The van der Waals surface area contributed by atoms with Crippen molar-refractivity contribution in [3.63, 3.8) is 0 Å². The average Bonchev–Trinajstić information content (AvgIpc) is 3.73. The van der Waals surface area contributed by atoms with Gasteiger partial charge in [0.2, 0.25) is 0 Å². The van der Waals surface area contributed by atoms with E-state index in [4.69, 9.17) is 9.40 Å². The Kier molecular flexibility index (Phi) is 5.03. The van der Waals surface area contributed by atoms with Gasteiger partial charge in [-0.1, -0.05) is 66.7 Å². The van der Waals surface area contributed by atoms with E-state index in [1.165, 1.54) is 51.1 Å². The fourth-order valence-corrected chi connectivity index (χ4v) is 8.87. The zero-order chi connectivity index (χ0) is 28.8. The largest absolute Gasteiger partial charge is 0.456 e. The van der Waals surface area contributed by atoms with Crippen molar-refractivity contribution < 1.29 is 4.42 Å². The SMILES string of the molecule is c1ccc2cc3c(cc2c1)sc1cc(N(c2ccc4c(c2)oc2ccccc24)c2ccc4c(c2)sc2ccccc24)ncc13. The molecule has 0 N–H and O–H groups in total. The molecule has 0 aliphatic carbocycles. The second-order valence-corrected chi connectivity index (χ2v) is 13.4. The first-order valence-electron chi connectivity index (χ1n) is 14.6. The molecular formula is C39H22N2OS2. The summed E-state index contributed by atoms with van der Waals surface area (Å²) in [6.07, 6.45) is 2.04. The van der Waals surface area contributed by atoms with Crippen LogP contribution in [0.5, 0.6) is 0 Å². The molecule has 0 fully saturated rings. The molecule has 0 atom stereocenters. The van der Waals surface area contributed by atoms with E-state index in [1.807, 2.05) is 41.0 Å². The lowest BCUT2D eigenvalue weighted by Crippen LogP contribution is -2.11. The predicted molar refractivity (Wildman–Crippen MR) is 189 cm³/mol. The first kappa shape index (κ1) is 24.2. The number of pyridine rings is 1. The first-order chi connectivity index (χ1) is 21.8. The fraction of sp³-hybridized carbons (Fsp3) is 0. The van der Waals surface area contributed by atoms with Crippen LogP contribution in [-0.4, -0.2) is 4.98 Å². The number of furan rings is 1. The molecule has 3 nitrogen and oxygen atoms in total. The van der Waals surface area contributed by atoms with Crippen LogP contribution in [0.2, 0.25) is 0 Å². The number of benzene rings is 6. The van der Waals surface area contributed by atoms with Gasteiger partial charge in [0.05, 0.1) is 5.69 Å². The first-order valence-corrected chi connectivity index (χ1v) is 16.2. The third kappa shape index (κ3) is 3.57. The molecule has 0 spiro atoms. The molecular weight excluding hydrogens is 577 g/mol. The van der Waals surface area contributed by atoms with Crippen molar-refractivity contribution in [2.75, 3.05) is 4.90 Å². The quantitative estimate of drug-likeness (QED) is 0.203. The van der Waals surface area contributed by atoms with Crippen LogP contribution in [0.1, 0.15) is 0 Å². The topological polar surface area (TPSA) is 29.3 Å². The molecule has 0 saturated heterocycles. The van der Waals surface area contributed by atoms with E-state index < -0.39 is 0 Å². The number of hydrogen-bond donors (Lipinski definition) is 0. The summed E-state index contributed by atoms with van der Waals surface area (Å²) >= 11 is 3.66. The van der Waals surface area contributed by atoms with E-state index in [9.17, 15) is 0 Å². The highest BCUT2D eigenvalue weighted by atomic mass is 32.1. The van der Waals surface area contributed by atoms with Crippen LogP contribution >= 0.6 is 22.7 Å². The van der Waals surface area contributed by atoms with Crippen molar-refractivity contribution in [3.8, 4) is 0 Å². The van der Waals surface area contributed by atoms with Gasteiger partial charge in [-0.25, -0.2) is 4.98 Å². The lowest BCUT2D eigenvalue weighted by molar-refractivity contribution is 0.669. The molecule has 6 aromatic carbocycles. The lowest BCUT2D eigenvalue weighted by atomic mass is 10.1. The fourth-order valence-electron chi connectivity index (χ4n) is 6.59. The van der Waals surface area contributed by atoms with Crippen molar-refractivity contribution in [2.45, 2.75) is 0 Å². The van der Waals surface area contributed by atoms with E-state index in [2.05, 4.69) is 120 Å². The third-order valence-electron chi connectivity index (χ3n) is 8.68. The summed E-state index contributed by atoms with van der Waals surface area (Å²) in [6, 6.07) is 45.5. The van der Waals surface area contributed by atoms with Crippen LogP contribution in [0, 0.1) is 0 Å². The summed E-state index contributed by atoms with van der Waals surface area (Å²) in [4.78, 5) is 7.37. The standard InChI is InChI=1S/C39H22N2OS2/c1-2-8-24-18-36-31(17-23(24)7-1)32-22-40-39(21-38(32)44-36)41(25-13-15-28-27-9-3-5-11-33(27)42-34(28)19-25)26-14-16-30-29-10-4-6-12-35(29)43-37(30)20-26/h1-22H. The molecule has 0 aliphatic heterocycles. The van der Waals surface area contributed by atoms with Crippen LogP contribution in [-0.2, 0) is 0 Å². The van der Waals surface area contributed by atoms with Gasteiger partial charge >= 0.3 is 0 Å². The van der Waals surface area contributed by atoms with E-state index in [0.29, 0.717) is 0 Å².